The first-order chi connectivity index (χ1) is 9.75. The van der Waals surface area contributed by atoms with Crippen LogP contribution in [0.5, 0.6) is 5.75 Å². The van der Waals surface area contributed by atoms with Crippen LogP contribution in [0.4, 0.5) is 5.69 Å². The summed E-state index contributed by atoms with van der Waals surface area (Å²) in [6.45, 7) is 4.06. The van der Waals surface area contributed by atoms with Crippen molar-refractivity contribution in [2.75, 3.05) is 32.9 Å². The zero-order valence-corrected chi connectivity index (χ0v) is 11.4. The second-order valence-corrected chi connectivity index (χ2v) is 4.86. The van der Waals surface area contributed by atoms with Gasteiger partial charge < -0.3 is 14.8 Å². The van der Waals surface area contributed by atoms with E-state index in [1.54, 1.807) is 12.1 Å². The molecule has 110 valence electrons. The van der Waals surface area contributed by atoms with Gasteiger partial charge in [-0.2, -0.15) is 0 Å². The average Bonchev–Trinajstić information content (AvgIpc) is 2.48. The molecule has 2 rings (SSSR count). The first-order valence-corrected chi connectivity index (χ1v) is 6.91. The molecule has 1 fully saturated rings. The van der Waals surface area contributed by atoms with E-state index in [0.29, 0.717) is 18.3 Å². The normalized spacial score (nSPS) is 16.0. The summed E-state index contributed by atoms with van der Waals surface area (Å²) in [6.07, 6.45) is 2.24. The smallest absolute Gasteiger partial charge is 0.269 e. The lowest BCUT2D eigenvalue weighted by Gasteiger charge is -2.22. The van der Waals surface area contributed by atoms with Gasteiger partial charge >= 0.3 is 0 Å². The van der Waals surface area contributed by atoms with Gasteiger partial charge in [0.1, 0.15) is 12.4 Å². The summed E-state index contributed by atoms with van der Waals surface area (Å²) < 4.78 is 10.8. The number of hydrogen-bond donors (Lipinski definition) is 1. The Morgan fingerprint density at radius 1 is 1.30 bits per heavy atom. The highest BCUT2D eigenvalue weighted by Crippen LogP contribution is 2.17. The fourth-order valence-electron chi connectivity index (χ4n) is 2.16. The van der Waals surface area contributed by atoms with Crippen molar-refractivity contribution in [2.24, 2.45) is 5.92 Å². The highest BCUT2D eigenvalue weighted by atomic mass is 16.6. The number of nitrogens with one attached hydrogen (secondary N) is 1. The zero-order valence-electron chi connectivity index (χ0n) is 11.4. The van der Waals surface area contributed by atoms with E-state index < -0.39 is 4.92 Å². The molecule has 1 aliphatic heterocycles. The fraction of sp³-hybridized carbons (Fsp3) is 0.571. The molecule has 0 amide bonds. The summed E-state index contributed by atoms with van der Waals surface area (Å²) in [4.78, 5) is 10.1. The van der Waals surface area contributed by atoms with Crippen molar-refractivity contribution < 1.29 is 14.4 Å². The molecule has 6 nitrogen and oxygen atoms in total. The molecule has 0 aromatic heterocycles. The van der Waals surface area contributed by atoms with Crippen LogP contribution in [0.2, 0.25) is 0 Å². The predicted molar refractivity (Wildman–Crippen MR) is 75.0 cm³/mol. The minimum absolute atomic E-state index is 0.0787. The van der Waals surface area contributed by atoms with Crippen molar-refractivity contribution in [3.05, 3.63) is 34.4 Å². The maximum absolute atomic E-state index is 10.5. The van der Waals surface area contributed by atoms with E-state index in [1.807, 2.05) is 0 Å². The molecule has 0 aliphatic carbocycles. The topological polar surface area (TPSA) is 73.6 Å². The number of nitro groups is 1. The van der Waals surface area contributed by atoms with Crippen LogP contribution in [0, 0.1) is 16.0 Å². The summed E-state index contributed by atoms with van der Waals surface area (Å²) in [5, 5.41) is 13.9. The largest absolute Gasteiger partial charge is 0.492 e. The Morgan fingerprint density at radius 3 is 2.65 bits per heavy atom. The molecule has 1 saturated heterocycles. The van der Waals surface area contributed by atoms with Crippen LogP contribution in [-0.2, 0) is 4.74 Å². The van der Waals surface area contributed by atoms with Gasteiger partial charge in [-0.15, -0.1) is 0 Å². The predicted octanol–water partition coefficient (Wildman–Crippen LogP) is 1.99. The molecule has 0 saturated carbocycles. The first-order valence-electron chi connectivity index (χ1n) is 6.91. The minimum atomic E-state index is -0.417. The van der Waals surface area contributed by atoms with Gasteiger partial charge in [-0.25, -0.2) is 0 Å². The summed E-state index contributed by atoms with van der Waals surface area (Å²) in [5.41, 5.74) is 0.0787. The molecular formula is C14H20N2O4. The lowest BCUT2D eigenvalue weighted by Crippen LogP contribution is -2.30. The Balaban J connectivity index is 1.59. The van der Waals surface area contributed by atoms with Crippen LogP contribution in [-0.4, -0.2) is 37.8 Å². The van der Waals surface area contributed by atoms with Crippen LogP contribution >= 0.6 is 0 Å². The number of benzene rings is 1. The highest BCUT2D eigenvalue weighted by molar-refractivity contribution is 5.35. The molecule has 20 heavy (non-hydrogen) atoms. The molecule has 1 aromatic rings. The Bertz CT molecular complexity index is 416. The number of rotatable bonds is 7. The fourth-order valence-corrected chi connectivity index (χ4v) is 2.16. The average molecular weight is 280 g/mol. The molecular weight excluding hydrogens is 260 g/mol. The van der Waals surface area contributed by atoms with Crippen molar-refractivity contribution in [3.8, 4) is 5.75 Å². The van der Waals surface area contributed by atoms with E-state index in [9.17, 15) is 10.1 Å². The van der Waals surface area contributed by atoms with Crippen molar-refractivity contribution in [3.63, 3.8) is 0 Å². The highest BCUT2D eigenvalue weighted by Gasteiger charge is 2.12. The van der Waals surface area contributed by atoms with Crippen molar-refractivity contribution in [1.82, 2.24) is 5.32 Å². The molecule has 1 N–H and O–H groups in total. The maximum atomic E-state index is 10.5. The van der Waals surface area contributed by atoms with Gasteiger partial charge in [0, 0.05) is 31.9 Å². The van der Waals surface area contributed by atoms with E-state index >= 15 is 0 Å². The van der Waals surface area contributed by atoms with E-state index in [0.717, 1.165) is 39.1 Å². The minimum Gasteiger partial charge on any atom is -0.492 e. The second kappa shape index (κ2) is 7.81. The summed E-state index contributed by atoms with van der Waals surface area (Å²) in [5.74, 6) is 1.35. The van der Waals surface area contributed by atoms with Gasteiger partial charge in [0.15, 0.2) is 0 Å². The molecule has 6 heteroatoms. The number of hydrogen-bond acceptors (Lipinski definition) is 5. The Labute approximate surface area is 118 Å². The van der Waals surface area contributed by atoms with Crippen molar-refractivity contribution in [1.29, 1.82) is 0 Å². The van der Waals surface area contributed by atoms with Crippen LogP contribution in [0.1, 0.15) is 12.8 Å². The van der Waals surface area contributed by atoms with Crippen LogP contribution in [0.25, 0.3) is 0 Å². The van der Waals surface area contributed by atoms with E-state index in [1.165, 1.54) is 12.1 Å². The van der Waals surface area contributed by atoms with Gasteiger partial charge in [-0.3, -0.25) is 10.1 Å². The molecule has 0 atom stereocenters. The van der Waals surface area contributed by atoms with Gasteiger partial charge in [0.2, 0.25) is 0 Å². The number of non-ortho nitro benzene ring substituents is 1. The summed E-state index contributed by atoms with van der Waals surface area (Å²) in [7, 11) is 0. The van der Waals surface area contributed by atoms with Crippen LogP contribution in [0.3, 0.4) is 0 Å². The lowest BCUT2D eigenvalue weighted by atomic mass is 10.0. The number of ether oxygens (including phenoxy) is 2. The zero-order chi connectivity index (χ0) is 14.2. The number of nitrogens with zero attached hydrogens (tertiary/aromatic N) is 1. The molecule has 1 aromatic carbocycles. The molecule has 0 bridgehead atoms. The summed E-state index contributed by atoms with van der Waals surface area (Å²) in [6, 6.07) is 6.14. The second-order valence-electron chi connectivity index (χ2n) is 4.86. The molecule has 1 heterocycles. The Hall–Kier alpha value is -1.66. The van der Waals surface area contributed by atoms with Gasteiger partial charge in [0.05, 0.1) is 4.92 Å². The van der Waals surface area contributed by atoms with Gasteiger partial charge in [-0.1, -0.05) is 0 Å². The van der Waals surface area contributed by atoms with Crippen molar-refractivity contribution >= 4 is 5.69 Å². The monoisotopic (exact) mass is 280 g/mol. The number of nitro benzene ring substituents is 1. The van der Waals surface area contributed by atoms with E-state index in [-0.39, 0.29) is 5.69 Å². The quantitative estimate of drug-likeness (QED) is 0.470. The van der Waals surface area contributed by atoms with Crippen LogP contribution < -0.4 is 10.1 Å². The lowest BCUT2D eigenvalue weighted by molar-refractivity contribution is -0.384. The third-order valence-electron chi connectivity index (χ3n) is 3.37. The Morgan fingerprint density at radius 2 is 2.00 bits per heavy atom. The third kappa shape index (κ3) is 4.79. The first kappa shape index (κ1) is 14.7. The molecule has 0 spiro atoms. The van der Waals surface area contributed by atoms with Crippen molar-refractivity contribution in [2.45, 2.75) is 12.8 Å². The molecule has 1 aliphatic rings. The van der Waals surface area contributed by atoms with Gasteiger partial charge in [0.25, 0.3) is 5.69 Å². The molecule has 0 radical (unpaired) electrons. The van der Waals surface area contributed by atoms with Gasteiger partial charge in [-0.05, 0) is 37.4 Å². The summed E-state index contributed by atoms with van der Waals surface area (Å²) >= 11 is 0. The van der Waals surface area contributed by atoms with Crippen LogP contribution in [0.15, 0.2) is 24.3 Å². The SMILES string of the molecule is O=[N+]([O-])c1ccc(OCCNCC2CCOCC2)cc1. The third-order valence-corrected chi connectivity index (χ3v) is 3.37. The molecule has 0 unspecified atom stereocenters. The van der Waals surface area contributed by atoms with E-state index in [4.69, 9.17) is 9.47 Å². The van der Waals surface area contributed by atoms with E-state index in [2.05, 4.69) is 5.32 Å². The maximum Gasteiger partial charge on any atom is 0.269 e. The standard InChI is InChI=1S/C14H20N2O4/c17-16(18)13-1-3-14(4-2-13)20-10-7-15-11-12-5-8-19-9-6-12/h1-4,12,15H,5-11H2. The Kier molecular flexibility index (Phi) is 5.76.